The third-order valence-corrected chi connectivity index (χ3v) is 3.03. The molecule has 19 heavy (non-hydrogen) atoms. The lowest BCUT2D eigenvalue weighted by Crippen LogP contribution is -2.03. The minimum atomic E-state index is -0.172. The molecule has 5 nitrogen and oxygen atoms in total. The highest BCUT2D eigenvalue weighted by molar-refractivity contribution is 5.64. The van der Waals surface area contributed by atoms with E-state index in [4.69, 9.17) is 9.26 Å². The third-order valence-electron chi connectivity index (χ3n) is 3.03. The van der Waals surface area contributed by atoms with Crippen molar-refractivity contribution in [2.24, 2.45) is 0 Å². The normalized spacial score (nSPS) is 12.6. The van der Waals surface area contributed by atoms with Gasteiger partial charge in [0.05, 0.1) is 5.56 Å². The summed E-state index contributed by atoms with van der Waals surface area (Å²) in [6.45, 7) is 3.89. The first-order chi connectivity index (χ1) is 9.17. The van der Waals surface area contributed by atoms with Gasteiger partial charge in [0.25, 0.3) is 5.89 Å². The van der Waals surface area contributed by atoms with E-state index in [0.29, 0.717) is 17.3 Å². The molecule has 0 aliphatic rings. The topological polar surface area (TPSA) is 68.4 Å². The van der Waals surface area contributed by atoms with Gasteiger partial charge in [-0.25, -0.2) is 0 Å². The maximum atomic E-state index is 10.0. The Bertz CT molecular complexity index is 551. The van der Waals surface area contributed by atoms with E-state index in [-0.39, 0.29) is 11.9 Å². The quantitative estimate of drug-likeness (QED) is 0.895. The molecule has 5 heteroatoms. The first kappa shape index (κ1) is 13.5. The summed E-state index contributed by atoms with van der Waals surface area (Å²) >= 11 is 0. The van der Waals surface area contributed by atoms with Gasteiger partial charge in [0, 0.05) is 7.11 Å². The molecule has 2 rings (SSSR count). The largest absolute Gasteiger partial charge is 0.507 e. The number of phenols is 1. The molecule has 0 aliphatic heterocycles. The molecular formula is C14H18N2O3. The lowest BCUT2D eigenvalue weighted by atomic mass is 10.1. The second-order valence-corrected chi connectivity index (χ2v) is 4.44. The Balaban J connectivity index is 2.32. The molecule has 0 radical (unpaired) electrons. The van der Waals surface area contributed by atoms with Gasteiger partial charge >= 0.3 is 0 Å². The molecule has 1 aromatic carbocycles. The van der Waals surface area contributed by atoms with Gasteiger partial charge in [-0.2, -0.15) is 4.98 Å². The first-order valence-corrected chi connectivity index (χ1v) is 6.32. The third kappa shape index (κ3) is 2.76. The molecule has 0 amide bonds. The summed E-state index contributed by atoms with van der Waals surface area (Å²) in [6.07, 6.45) is 1.63. The second-order valence-electron chi connectivity index (χ2n) is 4.44. The molecule has 2 aromatic rings. The van der Waals surface area contributed by atoms with E-state index >= 15 is 0 Å². The van der Waals surface area contributed by atoms with Gasteiger partial charge in [-0.1, -0.05) is 30.6 Å². The zero-order valence-corrected chi connectivity index (χ0v) is 11.4. The molecule has 102 valence electrons. The minimum Gasteiger partial charge on any atom is -0.507 e. The summed E-state index contributed by atoms with van der Waals surface area (Å²) in [5, 5.41) is 13.9. The molecule has 0 saturated heterocycles. The van der Waals surface area contributed by atoms with Crippen molar-refractivity contribution in [2.45, 2.75) is 32.8 Å². The number of methoxy groups -OCH3 is 1. The van der Waals surface area contributed by atoms with Gasteiger partial charge in [0.2, 0.25) is 5.82 Å². The van der Waals surface area contributed by atoms with Gasteiger partial charge in [-0.05, 0) is 25.0 Å². The van der Waals surface area contributed by atoms with Gasteiger partial charge in [-0.3, -0.25) is 0 Å². The molecule has 1 aromatic heterocycles. The highest BCUT2D eigenvalue weighted by Gasteiger charge is 2.19. The van der Waals surface area contributed by atoms with Crippen LogP contribution in [0.1, 0.15) is 37.3 Å². The van der Waals surface area contributed by atoms with Crippen LogP contribution in [0.5, 0.6) is 5.75 Å². The fraction of sp³-hybridized carbons (Fsp3) is 0.429. The van der Waals surface area contributed by atoms with E-state index in [0.717, 1.165) is 18.4 Å². The van der Waals surface area contributed by atoms with Crippen molar-refractivity contribution in [3.63, 3.8) is 0 Å². The van der Waals surface area contributed by atoms with Crippen LogP contribution in [0.25, 0.3) is 11.5 Å². The monoisotopic (exact) mass is 262 g/mol. The lowest BCUT2D eigenvalue weighted by molar-refractivity contribution is 0.0854. The van der Waals surface area contributed by atoms with Gasteiger partial charge in [0.1, 0.15) is 11.9 Å². The average Bonchev–Trinajstić information content (AvgIpc) is 2.88. The number of rotatable bonds is 5. The van der Waals surface area contributed by atoms with Crippen LogP contribution in [-0.2, 0) is 4.74 Å². The fourth-order valence-corrected chi connectivity index (χ4v) is 1.92. The van der Waals surface area contributed by atoms with Crippen LogP contribution in [0.3, 0.4) is 0 Å². The number of aromatic nitrogens is 2. The van der Waals surface area contributed by atoms with Crippen molar-refractivity contribution >= 4 is 0 Å². The van der Waals surface area contributed by atoms with E-state index in [1.165, 1.54) is 0 Å². The average molecular weight is 262 g/mol. The van der Waals surface area contributed by atoms with Crippen LogP contribution in [0, 0.1) is 6.92 Å². The van der Waals surface area contributed by atoms with Crippen molar-refractivity contribution < 1.29 is 14.4 Å². The zero-order chi connectivity index (χ0) is 13.8. The van der Waals surface area contributed by atoms with Crippen molar-refractivity contribution in [2.75, 3.05) is 7.11 Å². The number of hydrogen-bond donors (Lipinski definition) is 1. The van der Waals surface area contributed by atoms with Gasteiger partial charge in [-0.15, -0.1) is 0 Å². The Labute approximate surface area is 112 Å². The number of ether oxygens (including phenoxy) is 1. The predicted octanol–water partition coefficient (Wildman–Crippen LogP) is 3.24. The highest BCUT2D eigenvalue weighted by atomic mass is 16.5. The number of nitrogens with zero attached hydrogens (tertiary/aromatic N) is 2. The summed E-state index contributed by atoms with van der Waals surface area (Å²) < 4.78 is 10.5. The Kier molecular flexibility index (Phi) is 4.16. The van der Waals surface area contributed by atoms with Crippen LogP contribution in [0.4, 0.5) is 0 Å². The molecule has 1 atom stereocenters. The van der Waals surface area contributed by atoms with Gasteiger partial charge < -0.3 is 14.4 Å². The summed E-state index contributed by atoms with van der Waals surface area (Å²) in [5.74, 6) is 0.997. The van der Waals surface area contributed by atoms with Crippen LogP contribution < -0.4 is 0 Å². The maximum absolute atomic E-state index is 10.0. The molecule has 0 fully saturated rings. The zero-order valence-electron chi connectivity index (χ0n) is 11.4. The van der Waals surface area contributed by atoms with E-state index in [1.807, 2.05) is 19.1 Å². The van der Waals surface area contributed by atoms with Crippen LogP contribution in [0.2, 0.25) is 0 Å². The summed E-state index contributed by atoms with van der Waals surface area (Å²) in [5.41, 5.74) is 1.32. The molecule has 1 N–H and O–H groups in total. The van der Waals surface area contributed by atoms with E-state index in [9.17, 15) is 5.11 Å². The van der Waals surface area contributed by atoms with Crippen molar-refractivity contribution in [3.05, 3.63) is 29.6 Å². The SMILES string of the molecule is CCCC(OC)c1noc(-c2cccc(C)c2O)n1. The Hall–Kier alpha value is -1.88. The molecule has 1 unspecified atom stereocenters. The van der Waals surface area contributed by atoms with Crippen molar-refractivity contribution in [3.8, 4) is 17.2 Å². The number of phenolic OH excluding ortho intramolecular Hbond substituents is 1. The van der Waals surface area contributed by atoms with Crippen LogP contribution in [-0.4, -0.2) is 22.4 Å². The smallest absolute Gasteiger partial charge is 0.261 e. The maximum Gasteiger partial charge on any atom is 0.261 e. The van der Waals surface area contributed by atoms with Crippen LogP contribution >= 0.6 is 0 Å². The van der Waals surface area contributed by atoms with Gasteiger partial charge in [0.15, 0.2) is 0 Å². The molecule has 1 heterocycles. The molecule has 0 aliphatic carbocycles. The van der Waals surface area contributed by atoms with E-state index < -0.39 is 0 Å². The summed E-state index contributed by atoms with van der Waals surface area (Å²) in [4.78, 5) is 4.31. The van der Waals surface area contributed by atoms with Crippen LogP contribution in [0.15, 0.2) is 22.7 Å². The predicted molar refractivity (Wildman–Crippen MR) is 70.8 cm³/mol. The number of para-hydroxylation sites is 1. The van der Waals surface area contributed by atoms with Crippen molar-refractivity contribution in [1.82, 2.24) is 10.1 Å². The summed E-state index contributed by atoms with van der Waals surface area (Å²) in [6, 6.07) is 5.42. The van der Waals surface area contributed by atoms with Crippen molar-refractivity contribution in [1.29, 1.82) is 0 Å². The number of benzene rings is 1. The molecule has 0 bridgehead atoms. The number of hydrogen-bond acceptors (Lipinski definition) is 5. The Morgan fingerprint density at radius 2 is 2.21 bits per heavy atom. The Morgan fingerprint density at radius 3 is 2.89 bits per heavy atom. The number of aromatic hydroxyl groups is 1. The summed E-state index contributed by atoms with van der Waals surface area (Å²) in [7, 11) is 1.63. The van der Waals surface area contributed by atoms with E-state index in [2.05, 4.69) is 17.1 Å². The fourth-order valence-electron chi connectivity index (χ4n) is 1.92. The highest BCUT2D eigenvalue weighted by Crippen LogP contribution is 2.31. The first-order valence-electron chi connectivity index (χ1n) is 6.32. The number of aryl methyl sites for hydroxylation is 1. The minimum absolute atomic E-state index is 0.169. The van der Waals surface area contributed by atoms with E-state index in [1.54, 1.807) is 13.2 Å². The molecule has 0 saturated carbocycles. The Morgan fingerprint density at radius 1 is 1.42 bits per heavy atom. The second kappa shape index (κ2) is 5.84. The molecule has 0 spiro atoms. The standard InChI is InChI=1S/C14H18N2O3/c1-4-6-11(18-3)13-15-14(19-16-13)10-8-5-7-9(2)12(10)17/h5,7-8,11,17H,4,6H2,1-3H3. The lowest BCUT2D eigenvalue weighted by Gasteiger charge is -2.08. The molecular weight excluding hydrogens is 244 g/mol.